The second-order valence-electron chi connectivity index (χ2n) is 5.24. The molecular weight excluding hydrogens is 271 g/mol. The van der Waals surface area contributed by atoms with Crippen LogP contribution in [0.2, 0.25) is 0 Å². The molecule has 1 aromatic rings. The van der Waals surface area contributed by atoms with Crippen molar-refractivity contribution in [2.24, 2.45) is 11.8 Å². The molecule has 1 aromatic carbocycles. The van der Waals surface area contributed by atoms with Crippen LogP contribution in [0.5, 0.6) is 0 Å². The van der Waals surface area contributed by atoms with Gasteiger partial charge in [-0.05, 0) is 17.9 Å². The van der Waals surface area contributed by atoms with Gasteiger partial charge >= 0.3 is 7.60 Å². The van der Waals surface area contributed by atoms with Crippen LogP contribution in [0, 0.1) is 11.8 Å². The number of benzene rings is 1. The summed E-state index contributed by atoms with van der Waals surface area (Å²) in [5.74, 6) is 0.469. The van der Waals surface area contributed by atoms with Crippen LogP contribution < -0.4 is 0 Å². The highest BCUT2D eigenvalue weighted by Gasteiger charge is 2.74. The van der Waals surface area contributed by atoms with Crippen LogP contribution in [0.25, 0.3) is 0 Å². The quantitative estimate of drug-likeness (QED) is 0.782. The molecule has 0 heterocycles. The Bertz CT molecular complexity index is 585. The van der Waals surface area contributed by atoms with Crippen LogP contribution in [0.4, 0.5) is 0 Å². The number of fused-ring (bicyclic) bond motifs is 1. The van der Waals surface area contributed by atoms with E-state index in [1.807, 2.05) is 42.5 Å². The van der Waals surface area contributed by atoms with Crippen molar-refractivity contribution in [3.8, 4) is 0 Å². The molecule has 3 rings (SSSR count). The maximum atomic E-state index is 13.2. The van der Waals surface area contributed by atoms with Crippen molar-refractivity contribution in [1.82, 2.24) is 0 Å². The first-order valence-electron chi connectivity index (χ1n) is 6.81. The number of allylic oxidation sites excluding steroid dienone is 4. The van der Waals surface area contributed by atoms with E-state index in [2.05, 4.69) is 12.2 Å². The summed E-state index contributed by atoms with van der Waals surface area (Å²) in [5.41, 5.74) is 1.04. The minimum atomic E-state index is -3.20. The maximum absolute atomic E-state index is 13.2. The van der Waals surface area contributed by atoms with E-state index in [0.717, 1.165) is 12.0 Å². The van der Waals surface area contributed by atoms with E-state index in [1.54, 1.807) is 0 Å². The van der Waals surface area contributed by atoms with Crippen molar-refractivity contribution in [3.63, 3.8) is 0 Å². The molecule has 0 amide bonds. The highest BCUT2D eigenvalue weighted by Crippen LogP contribution is 2.82. The van der Waals surface area contributed by atoms with E-state index in [0.29, 0.717) is 0 Å². The molecule has 1 saturated carbocycles. The van der Waals surface area contributed by atoms with Gasteiger partial charge in [-0.15, -0.1) is 0 Å². The summed E-state index contributed by atoms with van der Waals surface area (Å²) in [6, 6.07) is 9.97. The average molecular weight is 290 g/mol. The van der Waals surface area contributed by atoms with Crippen LogP contribution in [0.15, 0.2) is 54.6 Å². The fourth-order valence-corrected chi connectivity index (χ4v) is 6.05. The van der Waals surface area contributed by atoms with Crippen molar-refractivity contribution in [3.05, 3.63) is 60.2 Å². The molecule has 20 heavy (non-hydrogen) atoms. The van der Waals surface area contributed by atoms with Crippen LogP contribution in [-0.2, 0) is 18.8 Å². The summed E-state index contributed by atoms with van der Waals surface area (Å²) >= 11 is 0. The molecule has 2 unspecified atom stereocenters. The monoisotopic (exact) mass is 290 g/mol. The molecule has 0 saturated heterocycles. The van der Waals surface area contributed by atoms with Gasteiger partial charge in [-0.2, -0.15) is 0 Å². The first kappa shape index (κ1) is 13.8. The summed E-state index contributed by atoms with van der Waals surface area (Å²) < 4.78 is 24.0. The van der Waals surface area contributed by atoms with Gasteiger partial charge in [0.05, 0.1) is 0 Å². The van der Waals surface area contributed by atoms with Crippen LogP contribution >= 0.6 is 7.60 Å². The van der Waals surface area contributed by atoms with Crippen molar-refractivity contribution < 1.29 is 13.6 Å². The average Bonchev–Trinajstić information content (AvgIpc) is 3.20. The van der Waals surface area contributed by atoms with Gasteiger partial charge in [0.1, 0.15) is 5.16 Å². The summed E-state index contributed by atoms with van der Waals surface area (Å²) in [6.07, 6.45) is 9.23. The maximum Gasteiger partial charge on any atom is 0.341 e. The Morgan fingerprint density at radius 3 is 2.50 bits per heavy atom. The second-order valence-corrected chi connectivity index (χ2v) is 7.70. The lowest BCUT2D eigenvalue weighted by Gasteiger charge is -2.26. The number of hydrogen-bond donors (Lipinski definition) is 0. The Morgan fingerprint density at radius 1 is 1.15 bits per heavy atom. The zero-order valence-corrected chi connectivity index (χ0v) is 12.6. The molecular formula is C16H19O3P. The van der Waals surface area contributed by atoms with Gasteiger partial charge in [-0.25, -0.2) is 0 Å². The highest BCUT2D eigenvalue weighted by atomic mass is 31.2. The topological polar surface area (TPSA) is 35.5 Å². The normalized spacial score (nSPS) is 31.7. The molecule has 2 aliphatic carbocycles. The molecule has 0 N–H and O–H groups in total. The Morgan fingerprint density at radius 2 is 1.85 bits per heavy atom. The summed E-state index contributed by atoms with van der Waals surface area (Å²) in [6.45, 7) is 0. The van der Waals surface area contributed by atoms with Crippen molar-refractivity contribution in [1.29, 1.82) is 0 Å². The molecule has 3 atom stereocenters. The third kappa shape index (κ3) is 1.70. The number of hydrogen-bond acceptors (Lipinski definition) is 3. The molecule has 106 valence electrons. The lowest BCUT2D eigenvalue weighted by atomic mass is 10.1. The molecule has 0 radical (unpaired) electrons. The number of rotatable bonds is 4. The van der Waals surface area contributed by atoms with E-state index in [1.165, 1.54) is 14.2 Å². The Labute approximate surface area is 119 Å². The molecule has 0 aromatic heterocycles. The van der Waals surface area contributed by atoms with E-state index in [9.17, 15) is 4.57 Å². The van der Waals surface area contributed by atoms with Gasteiger partial charge in [0.2, 0.25) is 0 Å². The fourth-order valence-electron chi connectivity index (χ4n) is 3.60. The van der Waals surface area contributed by atoms with Gasteiger partial charge in [0.25, 0.3) is 0 Å². The zero-order chi connectivity index (χ0) is 14.2. The molecule has 3 nitrogen and oxygen atoms in total. The zero-order valence-electron chi connectivity index (χ0n) is 11.7. The van der Waals surface area contributed by atoms with Crippen LogP contribution in [-0.4, -0.2) is 14.2 Å². The predicted molar refractivity (Wildman–Crippen MR) is 79.6 cm³/mol. The van der Waals surface area contributed by atoms with Gasteiger partial charge in [-0.1, -0.05) is 54.6 Å². The van der Waals surface area contributed by atoms with Crippen molar-refractivity contribution in [2.75, 3.05) is 14.2 Å². The third-order valence-corrected chi connectivity index (χ3v) is 7.28. The summed E-state index contributed by atoms with van der Waals surface area (Å²) in [4.78, 5) is 0. The Hall–Kier alpha value is -1.15. The fraction of sp³-hybridized carbons (Fsp3) is 0.375. The van der Waals surface area contributed by atoms with Gasteiger partial charge in [0, 0.05) is 20.1 Å². The van der Waals surface area contributed by atoms with E-state index < -0.39 is 12.8 Å². The summed E-state index contributed by atoms with van der Waals surface area (Å²) in [7, 11) is -0.247. The molecule has 0 spiro atoms. The van der Waals surface area contributed by atoms with E-state index >= 15 is 0 Å². The largest absolute Gasteiger partial charge is 0.341 e. The third-order valence-electron chi connectivity index (χ3n) is 4.52. The van der Waals surface area contributed by atoms with Crippen molar-refractivity contribution >= 4 is 7.60 Å². The minimum absolute atomic E-state index is 0.200. The molecule has 2 aliphatic rings. The van der Waals surface area contributed by atoms with Crippen LogP contribution in [0.3, 0.4) is 0 Å². The van der Waals surface area contributed by atoms with Crippen LogP contribution in [0.1, 0.15) is 12.0 Å². The second kappa shape index (κ2) is 5.00. The molecule has 1 fully saturated rings. The lowest BCUT2D eigenvalue weighted by Crippen LogP contribution is -2.15. The highest BCUT2D eigenvalue weighted by molar-refractivity contribution is 7.55. The standard InChI is InChI=1S/C16H19O3P/c1-18-20(17,19-2)16(13-9-5-3-6-10-13)14-11-7-4-8-12-15(14)16/h3-11,14-15H,12H2,1-2H3/t14?,15?,16-/m1/s1. The van der Waals surface area contributed by atoms with E-state index in [-0.39, 0.29) is 11.8 Å². The van der Waals surface area contributed by atoms with E-state index in [4.69, 9.17) is 9.05 Å². The smallest absolute Gasteiger partial charge is 0.311 e. The Kier molecular flexibility index (Phi) is 3.45. The predicted octanol–water partition coefficient (Wildman–Crippen LogP) is 4.13. The minimum Gasteiger partial charge on any atom is -0.311 e. The first-order chi connectivity index (χ1) is 9.70. The van der Waals surface area contributed by atoms with Gasteiger partial charge in [0.15, 0.2) is 0 Å². The van der Waals surface area contributed by atoms with Crippen molar-refractivity contribution in [2.45, 2.75) is 11.6 Å². The molecule has 0 bridgehead atoms. The molecule has 4 heteroatoms. The lowest BCUT2D eigenvalue weighted by molar-refractivity contribution is 0.259. The SMILES string of the molecule is COP(=O)(OC)[C@]1(c2ccccc2)C2C=CC=CCC21. The Balaban J connectivity index is 2.14. The summed E-state index contributed by atoms with van der Waals surface area (Å²) in [5, 5.41) is -0.543. The van der Waals surface area contributed by atoms with Gasteiger partial charge < -0.3 is 9.05 Å². The van der Waals surface area contributed by atoms with Gasteiger partial charge in [-0.3, -0.25) is 4.57 Å². The molecule has 0 aliphatic heterocycles. The first-order valence-corrected chi connectivity index (χ1v) is 8.35.